The van der Waals surface area contributed by atoms with Gasteiger partial charge in [0.2, 0.25) is 0 Å². The minimum atomic E-state index is -0.351. The molecule has 0 aliphatic rings. The first-order chi connectivity index (χ1) is 16.3. The minimum absolute atomic E-state index is 0.250. The maximum atomic E-state index is 12.4. The minimum Gasteiger partial charge on any atom is -0.465 e. The molecule has 4 aromatic rings. The van der Waals surface area contributed by atoms with E-state index in [-0.39, 0.29) is 12.1 Å². The number of aromatic nitrogens is 4. The highest BCUT2D eigenvalue weighted by Crippen LogP contribution is 2.30. The summed E-state index contributed by atoms with van der Waals surface area (Å²) in [6, 6.07) is 12.4. The smallest absolute Gasteiger partial charge is 0.373 e. The Balaban J connectivity index is 0.00000103. The number of rotatable bonds is 5. The average molecular weight is 461 g/mol. The summed E-state index contributed by atoms with van der Waals surface area (Å²) < 4.78 is 8.90. The maximum absolute atomic E-state index is 12.4. The standard InChI is InChI=1S/C25H28N4O2.CO2/c1-7-20-15(3)16(4)28(26-20)22-13-9-12-19-18(22)11-10-14-23(19)29-17(5)24(25(30)31-6)21(8-2)27-29;2-1-3/h9-14H,7-8H2,1-6H3;. The fourth-order valence-electron chi connectivity index (χ4n) is 4.27. The van der Waals surface area contributed by atoms with E-state index in [4.69, 9.17) is 24.5 Å². The summed E-state index contributed by atoms with van der Waals surface area (Å²) in [5.74, 6) is -0.351. The quantitative estimate of drug-likeness (QED) is 0.408. The van der Waals surface area contributed by atoms with Gasteiger partial charge in [-0.05, 0) is 51.3 Å². The van der Waals surface area contributed by atoms with E-state index in [1.165, 1.54) is 12.7 Å². The summed E-state index contributed by atoms with van der Waals surface area (Å²) in [4.78, 5) is 28.6. The Bertz CT molecular complexity index is 1390. The Morgan fingerprint density at radius 3 is 1.76 bits per heavy atom. The number of aryl methyl sites for hydroxylation is 2. The second-order valence-electron chi connectivity index (χ2n) is 7.82. The summed E-state index contributed by atoms with van der Waals surface area (Å²) in [6.07, 6.45) is 1.80. The molecule has 0 saturated heterocycles. The zero-order valence-electron chi connectivity index (χ0n) is 20.3. The number of hydrogen-bond donors (Lipinski definition) is 0. The van der Waals surface area contributed by atoms with Gasteiger partial charge >= 0.3 is 12.1 Å². The van der Waals surface area contributed by atoms with Gasteiger partial charge in [-0.15, -0.1) is 0 Å². The van der Waals surface area contributed by atoms with Crippen LogP contribution in [-0.4, -0.2) is 38.8 Å². The van der Waals surface area contributed by atoms with Gasteiger partial charge in [-0.25, -0.2) is 14.2 Å². The Morgan fingerprint density at radius 2 is 1.32 bits per heavy atom. The highest BCUT2D eigenvalue weighted by molar-refractivity contribution is 5.97. The molecule has 0 saturated carbocycles. The van der Waals surface area contributed by atoms with Crippen LogP contribution in [0.2, 0.25) is 0 Å². The predicted molar refractivity (Wildman–Crippen MR) is 128 cm³/mol. The Morgan fingerprint density at radius 1 is 0.853 bits per heavy atom. The number of methoxy groups -OCH3 is 1. The molecule has 2 heterocycles. The van der Waals surface area contributed by atoms with Crippen LogP contribution in [0.15, 0.2) is 36.4 Å². The molecule has 0 radical (unpaired) electrons. The van der Waals surface area contributed by atoms with Crippen LogP contribution >= 0.6 is 0 Å². The molecule has 0 fully saturated rings. The molecule has 2 aromatic carbocycles. The van der Waals surface area contributed by atoms with Crippen LogP contribution in [0.5, 0.6) is 0 Å². The highest BCUT2D eigenvalue weighted by Gasteiger charge is 2.22. The molecule has 4 rings (SSSR count). The molecule has 0 unspecified atom stereocenters. The molecule has 176 valence electrons. The Labute approximate surface area is 198 Å². The first kappa shape index (κ1) is 24.6. The van der Waals surface area contributed by atoms with Crippen LogP contribution in [0.1, 0.15) is 52.5 Å². The third-order valence-corrected chi connectivity index (χ3v) is 6.09. The van der Waals surface area contributed by atoms with Crippen LogP contribution in [0, 0.1) is 20.8 Å². The largest absolute Gasteiger partial charge is 0.465 e. The van der Waals surface area contributed by atoms with Crippen molar-refractivity contribution in [1.29, 1.82) is 0 Å². The van der Waals surface area contributed by atoms with Crippen molar-refractivity contribution in [2.75, 3.05) is 7.11 Å². The molecule has 0 spiro atoms. The summed E-state index contributed by atoms with van der Waals surface area (Å²) in [5.41, 5.74) is 7.52. The summed E-state index contributed by atoms with van der Waals surface area (Å²) in [5, 5.41) is 11.8. The van der Waals surface area contributed by atoms with Crippen LogP contribution in [0.3, 0.4) is 0 Å². The third kappa shape index (κ3) is 4.16. The monoisotopic (exact) mass is 460 g/mol. The van der Waals surface area contributed by atoms with Crippen molar-refractivity contribution in [3.8, 4) is 11.4 Å². The van der Waals surface area contributed by atoms with Crippen molar-refractivity contribution < 1.29 is 19.1 Å². The Kier molecular flexibility index (Phi) is 7.44. The van der Waals surface area contributed by atoms with E-state index in [2.05, 4.69) is 39.0 Å². The molecule has 0 atom stereocenters. The second kappa shape index (κ2) is 10.3. The molecule has 2 aromatic heterocycles. The normalized spacial score (nSPS) is 10.5. The topological polar surface area (TPSA) is 96.1 Å². The number of carbonyl (C=O) groups is 1. The van der Waals surface area contributed by atoms with Crippen molar-refractivity contribution in [2.24, 2.45) is 0 Å². The lowest BCUT2D eigenvalue weighted by atomic mass is 10.1. The lowest BCUT2D eigenvalue weighted by Gasteiger charge is -2.13. The van der Waals surface area contributed by atoms with Gasteiger partial charge in [-0.2, -0.15) is 19.8 Å². The number of benzene rings is 2. The third-order valence-electron chi connectivity index (χ3n) is 6.09. The van der Waals surface area contributed by atoms with Crippen molar-refractivity contribution in [1.82, 2.24) is 19.6 Å². The fourth-order valence-corrected chi connectivity index (χ4v) is 4.27. The Hall–Kier alpha value is -4.03. The summed E-state index contributed by atoms with van der Waals surface area (Å²) in [6.45, 7) is 10.3. The van der Waals surface area contributed by atoms with Crippen molar-refractivity contribution in [3.05, 3.63) is 70.3 Å². The van der Waals surface area contributed by atoms with Gasteiger partial charge in [-0.1, -0.05) is 38.1 Å². The van der Waals surface area contributed by atoms with Gasteiger partial charge in [0.1, 0.15) is 5.56 Å². The van der Waals surface area contributed by atoms with E-state index >= 15 is 0 Å². The summed E-state index contributed by atoms with van der Waals surface area (Å²) in [7, 11) is 1.40. The molecule has 0 aliphatic carbocycles. The average Bonchev–Trinajstić information content (AvgIpc) is 3.33. The number of ether oxygens (including phenoxy) is 1. The van der Waals surface area contributed by atoms with E-state index in [1.54, 1.807) is 0 Å². The van der Waals surface area contributed by atoms with Gasteiger partial charge in [0.15, 0.2) is 0 Å². The molecule has 34 heavy (non-hydrogen) atoms. The molecule has 0 aliphatic heterocycles. The van der Waals surface area contributed by atoms with Crippen LogP contribution in [0.4, 0.5) is 0 Å². The van der Waals surface area contributed by atoms with Crippen molar-refractivity contribution >= 4 is 22.9 Å². The van der Waals surface area contributed by atoms with Crippen molar-refractivity contribution in [2.45, 2.75) is 47.5 Å². The SMILES string of the molecule is CCc1nn(-c2cccc3c(-n4nc(CC)c(C(=O)OC)c4C)cccc23)c(C)c1C.O=C=O. The van der Waals surface area contributed by atoms with E-state index in [0.29, 0.717) is 12.0 Å². The van der Waals surface area contributed by atoms with Crippen LogP contribution in [-0.2, 0) is 27.2 Å². The van der Waals surface area contributed by atoms with E-state index < -0.39 is 0 Å². The van der Waals surface area contributed by atoms with E-state index in [9.17, 15) is 4.79 Å². The maximum Gasteiger partial charge on any atom is 0.373 e. The number of carbonyl (C=O) groups excluding carboxylic acids is 3. The van der Waals surface area contributed by atoms with Gasteiger partial charge in [0, 0.05) is 16.5 Å². The lowest BCUT2D eigenvalue weighted by molar-refractivity contribution is -0.191. The number of fused-ring (bicyclic) bond motifs is 1. The van der Waals surface area contributed by atoms with Gasteiger partial charge in [0.05, 0.1) is 35.6 Å². The molecular weight excluding hydrogens is 432 g/mol. The van der Waals surface area contributed by atoms with Gasteiger partial charge in [0.25, 0.3) is 0 Å². The van der Waals surface area contributed by atoms with E-state index in [0.717, 1.165) is 51.3 Å². The zero-order chi connectivity index (χ0) is 25.0. The predicted octanol–water partition coefficient (Wildman–Crippen LogP) is 4.46. The van der Waals surface area contributed by atoms with Gasteiger partial charge in [-0.3, -0.25) is 0 Å². The van der Waals surface area contributed by atoms with Crippen LogP contribution < -0.4 is 0 Å². The molecule has 8 heteroatoms. The van der Waals surface area contributed by atoms with Crippen LogP contribution in [0.25, 0.3) is 22.1 Å². The molecule has 0 N–H and O–H groups in total. The molecular formula is C26H28N4O4. The van der Waals surface area contributed by atoms with E-state index in [1.807, 2.05) is 41.4 Å². The van der Waals surface area contributed by atoms with Crippen molar-refractivity contribution in [3.63, 3.8) is 0 Å². The zero-order valence-corrected chi connectivity index (χ0v) is 20.3. The first-order valence-corrected chi connectivity index (χ1v) is 11.1. The second-order valence-corrected chi connectivity index (χ2v) is 7.82. The molecule has 0 bridgehead atoms. The fraction of sp³-hybridized carbons (Fsp3) is 0.308. The molecule has 8 nitrogen and oxygen atoms in total. The number of esters is 1. The first-order valence-electron chi connectivity index (χ1n) is 11.1. The van der Waals surface area contributed by atoms with Gasteiger partial charge < -0.3 is 4.74 Å². The highest BCUT2D eigenvalue weighted by atomic mass is 16.5. The molecule has 0 amide bonds. The number of hydrogen-bond acceptors (Lipinski definition) is 6. The number of nitrogens with zero attached hydrogens (tertiary/aromatic N) is 4. The summed E-state index contributed by atoms with van der Waals surface area (Å²) >= 11 is 0. The lowest BCUT2D eigenvalue weighted by Crippen LogP contribution is -2.06.